The maximum Gasteiger partial charge on any atom is 0.161 e. The van der Waals surface area contributed by atoms with E-state index in [0.29, 0.717) is 0 Å². The van der Waals surface area contributed by atoms with Crippen LogP contribution in [0, 0.1) is 0 Å². The van der Waals surface area contributed by atoms with Gasteiger partial charge in [-0.05, 0) is 37.7 Å². The highest BCUT2D eigenvalue weighted by atomic mass is 16.5. The van der Waals surface area contributed by atoms with Gasteiger partial charge in [-0.1, -0.05) is 6.07 Å². The largest absolute Gasteiger partial charge is 0.493 e. The van der Waals surface area contributed by atoms with Gasteiger partial charge in [-0.3, -0.25) is 0 Å². The zero-order chi connectivity index (χ0) is 13.5. The lowest BCUT2D eigenvalue weighted by Crippen LogP contribution is -2.26. The minimum atomic E-state index is 0.238. The third kappa shape index (κ3) is 4.11. The molecule has 0 spiro atoms. The molecular formula is C15H23NO3. The quantitative estimate of drug-likeness (QED) is 0.854. The smallest absolute Gasteiger partial charge is 0.161 e. The van der Waals surface area contributed by atoms with Crippen molar-refractivity contribution >= 4 is 0 Å². The van der Waals surface area contributed by atoms with Crippen molar-refractivity contribution in [1.29, 1.82) is 0 Å². The van der Waals surface area contributed by atoms with E-state index in [0.717, 1.165) is 50.5 Å². The summed E-state index contributed by atoms with van der Waals surface area (Å²) in [5.74, 6) is 1.66. The van der Waals surface area contributed by atoms with Crippen LogP contribution in [0.2, 0.25) is 0 Å². The zero-order valence-electron chi connectivity index (χ0n) is 11.8. The third-order valence-corrected chi connectivity index (χ3v) is 3.35. The van der Waals surface area contributed by atoms with Crippen LogP contribution in [-0.4, -0.2) is 40.0 Å². The molecule has 0 saturated carbocycles. The summed E-state index contributed by atoms with van der Waals surface area (Å²) in [4.78, 5) is 0. The fraction of sp³-hybridized carbons (Fsp3) is 0.600. The summed E-state index contributed by atoms with van der Waals surface area (Å²) in [5.41, 5.74) is 1.26. The lowest BCUT2D eigenvalue weighted by Gasteiger charge is -2.24. The molecule has 0 atom stereocenters. The SMILES string of the molecule is CNCCc1ccc(OC)c(OC2CCOCC2)c1. The highest BCUT2D eigenvalue weighted by Gasteiger charge is 2.17. The van der Waals surface area contributed by atoms with Crippen LogP contribution in [0.15, 0.2) is 18.2 Å². The predicted octanol–water partition coefficient (Wildman–Crippen LogP) is 2.01. The third-order valence-electron chi connectivity index (χ3n) is 3.35. The Hall–Kier alpha value is -1.26. The molecule has 1 aromatic carbocycles. The monoisotopic (exact) mass is 265 g/mol. The summed E-state index contributed by atoms with van der Waals surface area (Å²) in [6.45, 7) is 2.53. The van der Waals surface area contributed by atoms with Gasteiger partial charge in [0.1, 0.15) is 6.10 Å². The fourth-order valence-corrected chi connectivity index (χ4v) is 2.21. The molecule has 1 aliphatic rings. The van der Waals surface area contributed by atoms with E-state index in [-0.39, 0.29) is 6.10 Å². The lowest BCUT2D eigenvalue weighted by molar-refractivity contribution is 0.0245. The van der Waals surface area contributed by atoms with E-state index < -0.39 is 0 Å². The minimum Gasteiger partial charge on any atom is -0.493 e. The molecule has 0 amide bonds. The van der Waals surface area contributed by atoms with Crippen molar-refractivity contribution in [1.82, 2.24) is 5.32 Å². The van der Waals surface area contributed by atoms with Crippen LogP contribution in [0.25, 0.3) is 0 Å². The zero-order valence-corrected chi connectivity index (χ0v) is 11.8. The molecule has 106 valence electrons. The molecule has 19 heavy (non-hydrogen) atoms. The molecule has 1 N–H and O–H groups in total. The van der Waals surface area contributed by atoms with Crippen molar-refractivity contribution in [2.45, 2.75) is 25.4 Å². The number of nitrogens with one attached hydrogen (secondary N) is 1. The van der Waals surface area contributed by atoms with Gasteiger partial charge in [0.2, 0.25) is 0 Å². The average molecular weight is 265 g/mol. The maximum absolute atomic E-state index is 6.07. The van der Waals surface area contributed by atoms with Crippen LogP contribution in [0.3, 0.4) is 0 Å². The Morgan fingerprint density at radius 2 is 2.05 bits per heavy atom. The fourth-order valence-electron chi connectivity index (χ4n) is 2.21. The summed E-state index contributed by atoms with van der Waals surface area (Å²) in [7, 11) is 3.64. The first-order valence-electron chi connectivity index (χ1n) is 6.89. The van der Waals surface area contributed by atoms with E-state index in [9.17, 15) is 0 Å². The molecule has 0 bridgehead atoms. The van der Waals surface area contributed by atoms with Gasteiger partial charge < -0.3 is 19.5 Å². The van der Waals surface area contributed by atoms with Gasteiger partial charge in [0, 0.05) is 12.8 Å². The van der Waals surface area contributed by atoms with Crippen LogP contribution in [0.5, 0.6) is 11.5 Å². The van der Waals surface area contributed by atoms with Gasteiger partial charge in [0.05, 0.1) is 20.3 Å². The summed E-state index contributed by atoms with van der Waals surface area (Å²) in [5, 5.41) is 3.16. The van der Waals surface area contributed by atoms with E-state index in [4.69, 9.17) is 14.2 Å². The topological polar surface area (TPSA) is 39.7 Å². The molecule has 1 aromatic rings. The first-order valence-corrected chi connectivity index (χ1v) is 6.89. The second-order valence-corrected chi connectivity index (χ2v) is 4.77. The standard InChI is InChI=1S/C15H23NO3/c1-16-8-5-12-3-4-14(17-2)15(11-12)19-13-6-9-18-10-7-13/h3-4,11,13,16H,5-10H2,1-2H3. The van der Waals surface area contributed by atoms with Crippen LogP contribution in [0.1, 0.15) is 18.4 Å². The molecule has 0 unspecified atom stereocenters. The van der Waals surface area contributed by atoms with Crippen molar-refractivity contribution in [2.24, 2.45) is 0 Å². The van der Waals surface area contributed by atoms with Gasteiger partial charge >= 0.3 is 0 Å². The molecule has 1 fully saturated rings. The van der Waals surface area contributed by atoms with Gasteiger partial charge in [-0.2, -0.15) is 0 Å². The number of hydrogen-bond acceptors (Lipinski definition) is 4. The number of methoxy groups -OCH3 is 1. The molecule has 0 aliphatic carbocycles. The Bertz CT molecular complexity index is 389. The second-order valence-electron chi connectivity index (χ2n) is 4.77. The number of hydrogen-bond donors (Lipinski definition) is 1. The van der Waals surface area contributed by atoms with Gasteiger partial charge in [-0.15, -0.1) is 0 Å². The molecule has 1 aliphatic heterocycles. The van der Waals surface area contributed by atoms with E-state index in [1.54, 1.807) is 7.11 Å². The molecule has 0 radical (unpaired) electrons. The minimum absolute atomic E-state index is 0.238. The van der Waals surface area contributed by atoms with Crippen LogP contribution < -0.4 is 14.8 Å². The Labute approximate surface area is 115 Å². The average Bonchev–Trinajstić information content (AvgIpc) is 2.46. The first kappa shape index (κ1) is 14.2. The molecule has 1 heterocycles. The summed E-state index contributed by atoms with van der Waals surface area (Å²) in [6, 6.07) is 6.16. The van der Waals surface area contributed by atoms with Crippen LogP contribution in [0.4, 0.5) is 0 Å². The normalized spacial score (nSPS) is 16.3. The lowest BCUT2D eigenvalue weighted by atomic mass is 10.1. The molecule has 2 rings (SSSR count). The number of ether oxygens (including phenoxy) is 3. The van der Waals surface area contributed by atoms with Crippen LogP contribution in [-0.2, 0) is 11.2 Å². The summed E-state index contributed by atoms with van der Waals surface area (Å²) < 4.78 is 16.8. The Morgan fingerprint density at radius 1 is 1.26 bits per heavy atom. The summed E-state index contributed by atoms with van der Waals surface area (Å²) in [6.07, 6.45) is 3.13. The number of benzene rings is 1. The van der Waals surface area contributed by atoms with E-state index >= 15 is 0 Å². The summed E-state index contributed by atoms with van der Waals surface area (Å²) >= 11 is 0. The maximum atomic E-state index is 6.07. The van der Waals surface area contributed by atoms with E-state index in [1.807, 2.05) is 13.1 Å². The van der Waals surface area contributed by atoms with Gasteiger partial charge in [0.25, 0.3) is 0 Å². The van der Waals surface area contributed by atoms with Crippen molar-refractivity contribution in [3.05, 3.63) is 23.8 Å². The van der Waals surface area contributed by atoms with Crippen molar-refractivity contribution < 1.29 is 14.2 Å². The van der Waals surface area contributed by atoms with Gasteiger partial charge in [-0.25, -0.2) is 0 Å². The highest BCUT2D eigenvalue weighted by Crippen LogP contribution is 2.30. The molecule has 0 aromatic heterocycles. The van der Waals surface area contributed by atoms with Crippen molar-refractivity contribution in [2.75, 3.05) is 33.9 Å². The number of rotatable bonds is 6. The predicted molar refractivity (Wildman–Crippen MR) is 75.1 cm³/mol. The molecule has 4 heteroatoms. The Morgan fingerprint density at radius 3 is 2.74 bits per heavy atom. The highest BCUT2D eigenvalue weighted by molar-refractivity contribution is 5.43. The molecule has 4 nitrogen and oxygen atoms in total. The number of likely N-dealkylation sites (N-methyl/N-ethyl adjacent to an activating group) is 1. The molecular weight excluding hydrogens is 242 g/mol. The van der Waals surface area contributed by atoms with E-state index in [2.05, 4.69) is 17.4 Å². The molecule has 1 saturated heterocycles. The Kier molecular flexibility index (Phi) is 5.48. The van der Waals surface area contributed by atoms with E-state index in [1.165, 1.54) is 5.56 Å². The Balaban J connectivity index is 2.06. The van der Waals surface area contributed by atoms with Gasteiger partial charge in [0.15, 0.2) is 11.5 Å². The van der Waals surface area contributed by atoms with Crippen LogP contribution >= 0.6 is 0 Å². The second kappa shape index (κ2) is 7.36. The first-order chi connectivity index (χ1) is 9.33. The van der Waals surface area contributed by atoms with Crippen molar-refractivity contribution in [3.8, 4) is 11.5 Å². The van der Waals surface area contributed by atoms with Crippen molar-refractivity contribution in [3.63, 3.8) is 0 Å².